The average Bonchev–Trinajstić information content (AvgIpc) is 2.73. The zero-order valence-corrected chi connectivity index (χ0v) is 17.7. The van der Waals surface area contributed by atoms with E-state index < -0.39 is 40.0 Å². The van der Waals surface area contributed by atoms with Gasteiger partial charge in [0.05, 0.1) is 24.2 Å². The van der Waals surface area contributed by atoms with E-state index in [-0.39, 0.29) is 29.2 Å². The largest absolute Gasteiger partial charge is 0.484 e. The molecule has 0 heterocycles. The topological polar surface area (TPSA) is 75.7 Å². The first-order valence-corrected chi connectivity index (χ1v) is 11.2. The van der Waals surface area contributed by atoms with E-state index in [9.17, 15) is 26.4 Å². The molecule has 0 radical (unpaired) electrons. The van der Waals surface area contributed by atoms with Gasteiger partial charge in [0.1, 0.15) is 23.2 Å². The van der Waals surface area contributed by atoms with E-state index in [1.165, 1.54) is 42.5 Å². The molecule has 0 aliphatic heterocycles. The van der Waals surface area contributed by atoms with Crippen molar-refractivity contribution in [2.75, 3.05) is 22.5 Å². The number of anilines is 2. The number of hydrogen-bond acceptors (Lipinski definition) is 4. The average molecular weight is 464 g/mol. The van der Waals surface area contributed by atoms with Crippen LogP contribution in [-0.2, 0) is 21.4 Å². The highest BCUT2D eigenvalue weighted by molar-refractivity contribution is 7.92. The van der Waals surface area contributed by atoms with Crippen molar-refractivity contribution in [3.05, 3.63) is 89.7 Å². The predicted octanol–water partition coefficient (Wildman–Crippen LogP) is 4.09. The zero-order chi connectivity index (χ0) is 23.3. The van der Waals surface area contributed by atoms with Crippen LogP contribution < -0.4 is 14.4 Å². The summed E-state index contributed by atoms with van der Waals surface area (Å²) in [4.78, 5) is 11.9. The Morgan fingerprint density at radius 1 is 0.969 bits per heavy atom. The first-order chi connectivity index (χ1) is 15.1. The highest BCUT2D eigenvalue weighted by atomic mass is 32.2. The molecule has 0 atom stereocenters. The van der Waals surface area contributed by atoms with Crippen LogP contribution in [0.15, 0.2) is 66.7 Å². The molecule has 0 spiro atoms. The number of carbonyl (C=O) groups is 1. The maximum atomic E-state index is 14.0. The quantitative estimate of drug-likeness (QED) is 0.545. The fourth-order valence-corrected chi connectivity index (χ4v) is 3.69. The van der Waals surface area contributed by atoms with Gasteiger partial charge in [0.25, 0.3) is 5.91 Å². The minimum absolute atomic E-state index is 0.188. The fourth-order valence-electron chi connectivity index (χ4n) is 2.82. The van der Waals surface area contributed by atoms with Crippen molar-refractivity contribution in [2.24, 2.45) is 0 Å². The monoisotopic (exact) mass is 464 g/mol. The van der Waals surface area contributed by atoms with E-state index in [0.29, 0.717) is 6.07 Å². The molecular weight excluding hydrogens is 445 g/mol. The molecule has 0 unspecified atom stereocenters. The summed E-state index contributed by atoms with van der Waals surface area (Å²) >= 11 is 0. The van der Waals surface area contributed by atoms with Gasteiger partial charge in [-0.2, -0.15) is 0 Å². The highest BCUT2D eigenvalue weighted by Crippen LogP contribution is 2.24. The Morgan fingerprint density at radius 2 is 1.66 bits per heavy atom. The van der Waals surface area contributed by atoms with Crippen LogP contribution in [0.5, 0.6) is 5.75 Å². The van der Waals surface area contributed by atoms with Gasteiger partial charge in [-0.25, -0.2) is 21.6 Å². The van der Waals surface area contributed by atoms with Crippen LogP contribution in [0.2, 0.25) is 0 Å². The van der Waals surface area contributed by atoms with Crippen LogP contribution in [0.3, 0.4) is 0 Å². The Kier molecular flexibility index (Phi) is 7.04. The van der Waals surface area contributed by atoms with Crippen molar-refractivity contribution in [2.45, 2.75) is 6.54 Å². The fraction of sp³-hybridized carbons (Fsp3) is 0.136. The predicted molar refractivity (Wildman–Crippen MR) is 114 cm³/mol. The molecule has 3 aromatic rings. The summed E-state index contributed by atoms with van der Waals surface area (Å²) in [5, 5.41) is 2.26. The van der Waals surface area contributed by atoms with Gasteiger partial charge in [0, 0.05) is 11.6 Å². The van der Waals surface area contributed by atoms with Gasteiger partial charge >= 0.3 is 0 Å². The van der Waals surface area contributed by atoms with E-state index in [4.69, 9.17) is 4.74 Å². The molecule has 3 aromatic carbocycles. The summed E-state index contributed by atoms with van der Waals surface area (Å²) in [7, 11) is -3.71. The summed E-state index contributed by atoms with van der Waals surface area (Å²) in [6.07, 6.45) is 1.01. The lowest BCUT2D eigenvalue weighted by Gasteiger charge is -2.23. The molecule has 0 saturated carbocycles. The molecule has 0 aliphatic carbocycles. The van der Waals surface area contributed by atoms with Gasteiger partial charge in [-0.1, -0.05) is 18.2 Å². The summed E-state index contributed by atoms with van der Waals surface area (Å²) in [6, 6.07) is 14.4. The Hall–Kier alpha value is -3.53. The van der Waals surface area contributed by atoms with Crippen LogP contribution >= 0.6 is 0 Å². The summed E-state index contributed by atoms with van der Waals surface area (Å²) < 4.78 is 71.3. The molecule has 1 N–H and O–H groups in total. The van der Waals surface area contributed by atoms with Crippen molar-refractivity contribution < 1.29 is 31.1 Å². The molecule has 32 heavy (non-hydrogen) atoms. The lowest BCUT2D eigenvalue weighted by molar-refractivity contribution is -0.118. The normalized spacial score (nSPS) is 11.1. The van der Waals surface area contributed by atoms with Crippen LogP contribution in [0.25, 0.3) is 0 Å². The van der Waals surface area contributed by atoms with E-state index in [1.54, 1.807) is 6.07 Å². The van der Waals surface area contributed by atoms with Gasteiger partial charge < -0.3 is 10.1 Å². The minimum Gasteiger partial charge on any atom is -0.484 e. The molecule has 0 fully saturated rings. The molecule has 0 aliphatic rings. The van der Waals surface area contributed by atoms with Gasteiger partial charge in [0.15, 0.2) is 6.61 Å². The molecule has 0 aromatic heterocycles. The molecular formula is C22H19F3N2O4S. The number of rotatable bonds is 8. The standard InChI is InChI=1S/C22H19F3N2O4S/c1-32(29,30)27(13-15-4-2-3-5-19(15)24)17-7-9-18(10-8-17)31-14-22(28)26-21-11-6-16(23)12-20(21)25/h2-12H,13-14H2,1H3,(H,26,28). The maximum absolute atomic E-state index is 14.0. The first kappa shape index (κ1) is 23.1. The van der Waals surface area contributed by atoms with Gasteiger partial charge in [-0.05, 0) is 42.5 Å². The van der Waals surface area contributed by atoms with Crippen molar-refractivity contribution in [3.8, 4) is 5.75 Å². The number of ether oxygens (including phenoxy) is 1. The van der Waals surface area contributed by atoms with Crippen LogP contribution in [0.1, 0.15) is 5.56 Å². The van der Waals surface area contributed by atoms with Crippen LogP contribution in [0.4, 0.5) is 24.5 Å². The number of nitrogens with one attached hydrogen (secondary N) is 1. The molecule has 0 bridgehead atoms. The number of sulfonamides is 1. The van der Waals surface area contributed by atoms with Gasteiger partial charge in [-0.3, -0.25) is 9.10 Å². The number of amides is 1. The Bertz CT molecular complexity index is 1220. The summed E-state index contributed by atoms with van der Waals surface area (Å²) in [5.41, 5.74) is 0.302. The SMILES string of the molecule is CS(=O)(=O)N(Cc1ccccc1F)c1ccc(OCC(=O)Nc2ccc(F)cc2F)cc1. The van der Waals surface area contributed by atoms with E-state index in [0.717, 1.165) is 22.7 Å². The lowest BCUT2D eigenvalue weighted by atomic mass is 10.2. The van der Waals surface area contributed by atoms with Crippen molar-refractivity contribution in [3.63, 3.8) is 0 Å². The lowest BCUT2D eigenvalue weighted by Crippen LogP contribution is -2.29. The van der Waals surface area contributed by atoms with E-state index in [2.05, 4.69) is 5.32 Å². The second kappa shape index (κ2) is 9.73. The number of nitrogens with zero attached hydrogens (tertiary/aromatic N) is 1. The van der Waals surface area contributed by atoms with Gasteiger partial charge in [0.2, 0.25) is 10.0 Å². The number of benzene rings is 3. The summed E-state index contributed by atoms with van der Waals surface area (Å²) in [5.74, 6) is -2.63. The van der Waals surface area contributed by atoms with Gasteiger partial charge in [-0.15, -0.1) is 0 Å². The Labute approximate surface area is 183 Å². The highest BCUT2D eigenvalue weighted by Gasteiger charge is 2.19. The minimum atomic E-state index is -3.71. The van der Waals surface area contributed by atoms with Crippen molar-refractivity contribution in [1.82, 2.24) is 0 Å². The Morgan fingerprint density at radius 3 is 2.28 bits per heavy atom. The second-order valence-electron chi connectivity index (χ2n) is 6.82. The third kappa shape index (κ3) is 6.01. The zero-order valence-electron chi connectivity index (χ0n) is 16.9. The molecule has 168 valence electrons. The first-order valence-electron chi connectivity index (χ1n) is 9.32. The van der Waals surface area contributed by atoms with Crippen molar-refractivity contribution in [1.29, 1.82) is 0 Å². The molecule has 10 heteroatoms. The summed E-state index contributed by atoms with van der Waals surface area (Å²) in [6.45, 7) is -0.654. The smallest absolute Gasteiger partial charge is 0.262 e. The van der Waals surface area contributed by atoms with Crippen LogP contribution in [-0.4, -0.2) is 27.2 Å². The maximum Gasteiger partial charge on any atom is 0.262 e. The second-order valence-corrected chi connectivity index (χ2v) is 8.72. The van der Waals surface area contributed by atoms with Crippen LogP contribution in [0, 0.1) is 17.5 Å². The molecule has 6 nitrogen and oxygen atoms in total. The third-order valence-corrected chi connectivity index (χ3v) is 5.51. The Balaban J connectivity index is 1.66. The van der Waals surface area contributed by atoms with E-state index in [1.807, 2.05) is 0 Å². The number of carbonyl (C=O) groups excluding carboxylic acids is 1. The third-order valence-electron chi connectivity index (χ3n) is 4.37. The molecule has 1 amide bonds. The van der Waals surface area contributed by atoms with Crippen molar-refractivity contribution >= 4 is 27.3 Å². The number of halogens is 3. The molecule has 0 saturated heterocycles. The number of hydrogen-bond donors (Lipinski definition) is 1. The van der Waals surface area contributed by atoms with E-state index >= 15 is 0 Å². The molecule has 3 rings (SSSR count).